The molecular weight excluding hydrogens is 316 g/mol. The van der Waals surface area contributed by atoms with Crippen molar-refractivity contribution in [3.63, 3.8) is 0 Å². The molecular formula is C18H15ClO4. The van der Waals surface area contributed by atoms with Crippen molar-refractivity contribution in [1.82, 2.24) is 0 Å². The van der Waals surface area contributed by atoms with Crippen LogP contribution in [0.15, 0.2) is 42.5 Å². The van der Waals surface area contributed by atoms with Crippen LogP contribution in [0.5, 0.6) is 11.5 Å². The van der Waals surface area contributed by atoms with Crippen LogP contribution in [0.1, 0.15) is 21.5 Å². The Balaban J connectivity index is 1.79. The maximum atomic E-state index is 12.2. The highest BCUT2D eigenvalue weighted by atomic mass is 35.5. The number of hydrogen-bond donors (Lipinski definition) is 0. The molecule has 0 atom stereocenters. The summed E-state index contributed by atoms with van der Waals surface area (Å²) >= 11 is 6.22. The van der Waals surface area contributed by atoms with Crippen LogP contribution in [0.25, 0.3) is 6.08 Å². The van der Waals surface area contributed by atoms with E-state index in [-0.39, 0.29) is 12.6 Å². The monoisotopic (exact) mass is 330 g/mol. The predicted molar refractivity (Wildman–Crippen MR) is 88.1 cm³/mol. The van der Waals surface area contributed by atoms with Crippen molar-refractivity contribution in [3.05, 3.63) is 64.2 Å². The van der Waals surface area contributed by atoms with Crippen LogP contribution in [0.3, 0.4) is 0 Å². The van der Waals surface area contributed by atoms with Gasteiger partial charge in [0, 0.05) is 11.1 Å². The van der Waals surface area contributed by atoms with E-state index < -0.39 is 0 Å². The summed E-state index contributed by atoms with van der Waals surface area (Å²) in [4.78, 5) is 12.2. The predicted octanol–water partition coefficient (Wildman–Crippen LogP) is 4.11. The summed E-state index contributed by atoms with van der Waals surface area (Å²) in [6, 6.07) is 10.6. The molecule has 0 unspecified atom stereocenters. The Morgan fingerprint density at radius 2 is 2.04 bits per heavy atom. The Bertz CT molecular complexity index is 750. The first-order valence-corrected chi connectivity index (χ1v) is 7.44. The number of ketones is 1. The lowest BCUT2D eigenvalue weighted by Crippen LogP contribution is -2.11. The van der Waals surface area contributed by atoms with E-state index in [1.54, 1.807) is 43.5 Å². The number of allylic oxidation sites excluding steroid dienone is 1. The number of carbonyl (C=O) groups is 1. The van der Waals surface area contributed by atoms with Crippen molar-refractivity contribution in [2.45, 2.75) is 6.61 Å². The number of benzene rings is 2. The van der Waals surface area contributed by atoms with E-state index in [2.05, 4.69) is 0 Å². The molecule has 0 fully saturated rings. The molecule has 0 N–H and O–H groups in total. The summed E-state index contributed by atoms with van der Waals surface area (Å²) in [5, 5.41) is 0.568. The smallest absolute Gasteiger partial charge is 0.189 e. The van der Waals surface area contributed by atoms with E-state index in [0.717, 1.165) is 11.1 Å². The second kappa shape index (κ2) is 6.86. The summed E-state index contributed by atoms with van der Waals surface area (Å²) in [5.74, 6) is 1.32. The van der Waals surface area contributed by atoms with Crippen LogP contribution in [0, 0.1) is 0 Å². The minimum absolute atomic E-state index is 0.0919. The molecule has 1 heterocycles. The molecule has 0 saturated heterocycles. The van der Waals surface area contributed by atoms with Crippen LogP contribution >= 0.6 is 11.6 Å². The Kier molecular flexibility index (Phi) is 4.65. The van der Waals surface area contributed by atoms with Gasteiger partial charge in [0.25, 0.3) is 0 Å². The molecule has 1 aliphatic rings. The highest BCUT2D eigenvalue weighted by molar-refractivity contribution is 6.31. The molecule has 118 valence electrons. The molecule has 0 aromatic heterocycles. The van der Waals surface area contributed by atoms with E-state index >= 15 is 0 Å². The molecule has 4 nitrogen and oxygen atoms in total. The number of hydrogen-bond acceptors (Lipinski definition) is 4. The van der Waals surface area contributed by atoms with E-state index in [1.165, 1.54) is 6.08 Å². The Hall–Kier alpha value is -2.30. The average Bonchev–Trinajstić information content (AvgIpc) is 2.60. The molecule has 0 radical (unpaired) electrons. The third kappa shape index (κ3) is 3.55. The van der Waals surface area contributed by atoms with Crippen LogP contribution in [-0.2, 0) is 11.3 Å². The van der Waals surface area contributed by atoms with Gasteiger partial charge in [-0.05, 0) is 48.0 Å². The fourth-order valence-electron chi connectivity index (χ4n) is 2.27. The fourth-order valence-corrected chi connectivity index (χ4v) is 2.54. The number of halogens is 1. The fraction of sp³-hybridized carbons (Fsp3) is 0.167. The van der Waals surface area contributed by atoms with Gasteiger partial charge >= 0.3 is 0 Å². The highest BCUT2D eigenvalue weighted by Gasteiger charge is 2.14. The molecule has 2 aromatic carbocycles. The summed E-state index contributed by atoms with van der Waals surface area (Å²) in [5.41, 5.74) is 2.23. The molecule has 0 spiro atoms. The maximum absolute atomic E-state index is 12.2. The van der Waals surface area contributed by atoms with E-state index in [4.69, 9.17) is 25.8 Å². The lowest BCUT2D eigenvalue weighted by atomic mass is 10.1. The minimum atomic E-state index is -0.0919. The zero-order valence-corrected chi connectivity index (χ0v) is 13.3. The van der Waals surface area contributed by atoms with Crippen molar-refractivity contribution in [1.29, 1.82) is 0 Å². The Morgan fingerprint density at radius 3 is 2.78 bits per heavy atom. The van der Waals surface area contributed by atoms with Gasteiger partial charge < -0.3 is 14.2 Å². The van der Waals surface area contributed by atoms with Crippen LogP contribution in [0.4, 0.5) is 0 Å². The van der Waals surface area contributed by atoms with Gasteiger partial charge in [-0.3, -0.25) is 4.79 Å². The first kappa shape index (κ1) is 15.6. The van der Waals surface area contributed by atoms with Crippen molar-refractivity contribution < 1.29 is 19.0 Å². The highest BCUT2D eigenvalue weighted by Crippen LogP contribution is 2.32. The zero-order chi connectivity index (χ0) is 16.2. The van der Waals surface area contributed by atoms with E-state index in [1.807, 2.05) is 6.07 Å². The third-order valence-corrected chi connectivity index (χ3v) is 3.86. The minimum Gasteiger partial charge on any atom is -0.497 e. The molecule has 3 rings (SSSR count). The average molecular weight is 331 g/mol. The summed E-state index contributed by atoms with van der Waals surface area (Å²) in [7, 11) is 1.59. The number of carbonyl (C=O) groups excluding carboxylic acids is 1. The lowest BCUT2D eigenvalue weighted by molar-refractivity contribution is -0.0163. The van der Waals surface area contributed by atoms with Gasteiger partial charge in [-0.25, -0.2) is 0 Å². The second-order valence-electron chi connectivity index (χ2n) is 5.02. The summed E-state index contributed by atoms with van der Waals surface area (Å²) in [6.07, 6.45) is 3.23. The molecule has 0 saturated carbocycles. The van der Waals surface area contributed by atoms with Gasteiger partial charge in [0.2, 0.25) is 0 Å². The molecule has 1 aliphatic heterocycles. The van der Waals surface area contributed by atoms with Gasteiger partial charge in [0.1, 0.15) is 11.5 Å². The quantitative estimate of drug-likeness (QED) is 0.625. The number of rotatable bonds is 4. The standard InChI is InChI=1S/C18H15ClO4/c1-21-14-5-3-13(4-6-14)17(20)7-2-12-8-16(19)15-10-22-11-23-18(15)9-12/h2-9H,10-11H2,1H3. The molecule has 2 aromatic rings. The lowest BCUT2D eigenvalue weighted by Gasteiger charge is -2.19. The normalized spacial score (nSPS) is 13.5. The zero-order valence-electron chi connectivity index (χ0n) is 12.5. The largest absolute Gasteiger partial charge is 0.497 e. The molecule has 23 heavy (non-hydrogen) atoms. The summed E-state index contributed by atoms with van der Waals surface area (Å²) < 4.78 is 15.7. The van der Waals surface area contributed by atoms with Gasteiger partial charge in [-0.15, -0.1) is 0 Å². The molecule has 0 aliphatic carbocycles. The number of ether oxygens (including phenoxy) is 3. The van der Waals surface area contributed by atoms with E-state index in [9.17, 15) is 4.79 Å². The van der Waals surface area contributed by atoms with Gasteiger partial charge in [0.05, 0.1) is 18.7 Å². The Labute approximate surface area is 139 Å². The topological polar surface area (TPSA) is 44.8 Å². The Morgan fingerprint density at radius 1 is 1.26 bits per heavy atom. The van der Waals surface area contributed by atoms with E-state index in [0.29, 0.717) is 28.7 Å². The van der Waals surface area contributed by atoms with Crippen molar-refractivity contribution in [2.24, 2.45) is 0 Å². The van der Waals surface area contributed by atoms with Gasteiger partial charge in [-0.2, -0.15) is 0 Å². The second-order valence-corrected chi connectivity index (χ2v) is 5.42. The first-order chi connectivity index (χ1) is 11.2. The SMILES string of the molecule is COc1ccc(C(=O)C=Cc2cc(Cl)c3c(c2)OCOC3)cc1. The van der Waals surface area contributed by atoms with Gasteiger partial charge in [0.15, 0.2) is 12.6 Å². The number of methoxy groups -OCH3 is 1. The molecule has 5 heteroatoms. The van der Waals surface area contributed by atoms with Gasteiger partial charge in [-0.1, -0.05) is 17.7 Å². The van der Waals surface area contributed by atoms with Crippen molar-refractivity contribution in [3.8, 4) is 11.5 Å². The summed E-state index contributed by atoms with van der Waals surface area (Å²) in [6.45, 7) is 0.643. The van der Waals surface area contributed by atoms with Crippen molar-refractivity contribution in [2.75, 3.05) is 13.9 Å². The number of fused-ring (bicyclic) bond motifs is 1. The van der Waals surface area contributed by atoms with Crippen LogP contribution in [0.2, 0.25) is 5.02 Å². The molecule has 0 bridgehead atoms. The van der Waals surface area contributed by atoms with Crippen molar-refractivity contribution >= 4 is 23.5 Å². The maximum Gasteiger partial charge on any atom is 0.189 e. The first-order valence-electron chi connectivity index (χ1n) is 7.07. The molecule has 0 amide bonds. The van der Waals surface area contributed by atoms with Crippen LogP contribution < -0.4 is 9.47 Å². The third-order valence-electron chi connectivity index (χ3n) is 3.52. The van der Waals surface area contributed by atoms with Crippen LogP contribution in [-0.4, -0.2) is 19.7 Å².